The van der Waals surface area contributed by atoms with Crippen LogP contribution in [0, 0.1) is 11.3 Å². The normalized spacial score (nSPS) is 21.1. The molecule has 1 aromatic heterocycles. The summed E-state index contributed by atoms with van der Waals surface area (Å²) in [6.07, 6.45) is 3.36. The van der Waals surface area contributed by atoms with Crippen molar-refractivity contribution in [2.75, 3.05) is 5.73 Å². The number of rotatable bonds is 0. The number of aryl methyl sites for hydroxylation is 1. The van der Waals surface area contributed by atoms with Crippen molar-refractivity contribution in [3.8, 4) is 0 Å². The molecule has 1 unspecified atom stereocenters. The predicted octanol–water partition coefficient (Wildman–Crippen LogP) is 2.21. The first-order valence-electron chi connectivity index (χ1n) is 5.58. The van der Waals surface area contributed by atoms with Gasteiger partial charge in [-0.2, -0.15) is 5.10 Å². The van der Waals surface area contributed by atoms with E-state index in [2.05, 4.69) is 31.0 Å². The van der Waals surface area contributed by atoms with E-state index in [1.54, 1.807) is 0 Å². The Morgan fingerprint density at radius 1 is 1.33 bits per heavy atom. The van der Waals surface area contributed by atoms with Crippen LogP contribution < -0.4 is 5.73 Å². The number of anilines is 1. The Morgan fingerprint density at radius 3 is 2.73 bits per heavy atom. The zero-order valence-electron chi connectivity index (χ0n) is 9.75. The lowest BCUT2D eigenvalue weighted by Crippen LogP contribution is -2.27. The molecule has 0 saturated heterocycles. The third-order valence-corrected chi connectivity index (χ3v) is 3.40. The van der Waals surface area contributed by atoms with Gasteiger partial charge >= 0.3 is 0 Å². The summed E-state index contributed by atoms with van der Waals surface area (Å²) in [5.74, 6) is 1.27. The zero-order valence-corrected chi connectivity index (χ0v) is 9.75. The highest BCUT2D eigenvalue weighted by molar-refractivity contribution is 5.34. The second-order valence-corrected chi connectivity index (χ2v) is 5.55. The van der Waals surface area contributed by atoms with Crippen LogP contribution in [0.1, 0.15) is 38.4 Å². The molecule has 2 N–H and O–H groups in total. The van der Waals surface area contributed by atoms with E-state index in [-0.39, 0.29) is 0 Å². The molecule has 1 atom stereocenters. The summed E-state index contributed by atoms with van der Waals surface area (Å²) >= 11 is 0. The maximum absolute atomic E-state index is 5.66. The van der Waals surface area contributed by atoms with Crippen LogP contribution in [0.2, 0.25) is 0 Å². The standard InChI is InChI=1S/C12H19N3/c1-12(2,3)9-4-5-10-8(6-9)7-11(13)15-14-10/h7,9H,4-6H2,1-3H3,(H2,13,15). The molecule has 0 bridgehead atoms. The monoisotopic (exact) mass is 205 g/mol. The van der Waals surface area contributed by atoms with E-state index in [1.165, 1.54) is 12.0 Å². The summed E-state index contributed by atoms with van der Waals surface area (Å²) in [6, 6.07) is 1.99. The molecule has 3 heteroatoms. The van der Waals surface area contributed by atoms with Crippen molar-refractivity contribution in [1.29, 1.82) is 0 Å². The average molecular weight is 205 g/mol. The molecule has 0 aromatic carbocycles. The lowest BCUT2D eigenvalue weighted by atomic mass is 9.72. The third-order valence-electron chi connectivity index (χ3n) is 3.40. The number of aromatic nitrogens is 2. The van der Waals surface area contributed by atoms with Gasteiger partial charge in [0, 0.05) is 0 Å². The first kappa shape index (κ1) is 10.4. The van der Waals surface area contributed by atoms with E-state index in [1.807, 2.05) is 6.07 Å². The van der Waals surface area contributed by atoms with Gasteiger partial charge in [-0.25, -0.2) is 0 Å². The number of fused-ring (bicyclic) bond motifs is 1. The number of hydrogen-bond donors (Lipinski definition) is 1. The first-order valence-corrected chi connectivity index (χ1v) is 5.58. The maximum atomic E-state index is 5.66. The van der Waals surface area contributed by atoms with Gasteiger partial charge in [-0.3, -0.25) is 0 Å². The van der Waals surface area contributed by atoms with Gasteiger partial charge in [0.15, 0.2) is 0 Å². The average Bonchev–Trinajstić information content (AvgIpc) is 2.15. The summed E-state index contributed by atoms with van der Waals surface area (Å²) in [7, 11) is 0. The van der Waals surface area contributed by atoms with Gasteiger partial charge in [-0.05, 0) is 42.2 Å². The lowest BCUT2D eigenvalue weighted by Gasteiger charge is -2.34. The summed E-state index contributed by atoms with van der Waals surface area (Å²) in [6.45, 7) is 6.92. The van der Waals surface area contributed by atoms with Crippen molar-refractivity contribution in [3.05, 3.63) is 17.3 Å². The topological polar surface area (TPSA) is 51.8 Å². The van der Waals surface area contributed by atoms with Crippen LogP contribution >= 0.6 is 0 Å². The van der Waals surface area contributed by atoms with Crippen molar-refractivity contribution in [2.24, 2.45) is 11.3 Å². The summed E-state index contributed by atoms with van der Waals surface area (Å²) < 4.78 is 0. The van der Waals surface area contributed by atoms with E-state index in [0.29, 0.717) is 11.2 Å². The predicted molar refractivity (Wildman–Crippen MR) is 61.4 cm³/mol. The second kappa shape index (κ2) is 3.47. The van der Waals surface area contributed by atoms with Gasteiger partial charge in [0.05, 0.1) is 5.69 Å². The largest absolute Gasteiger partial charge is 0.382 e. The van der Waals surface area contributed by atoms with Crippen LogP contribution in [0.4, 0.5) is 5.82 Å². The highest BCUT2D eigenvalue weighted by Crippen LogP contribution is 2.36. The molecule has 0 saturated carbocycles. The Bertz CT molecular complexity index is 366. The minimum absolute atomic E-state index is 0.371. The van der Waals surface area contributed by atoms with Crippen LogP contribution in [-0.2, 0) is 12.8 Å². The van der Waals surface area contributed by atoms with E-state index >= 15 is 0 Å². The minimum atomic E-state index is 0.371. The van der Waals surface area contributed by atoms with Crippen LogP contribution in [0.15, 0.2) is 6.07 Å². The van der Waals surface area contributed by atoms with Crippen molar-refractivity contribution >= 4 is 5.82 Å². The van der Waals surface area contributed by atoms with Crippen LogP contribution in [0.5, 0.6) is 0 Å². The molecular weight excluding hydrogens is 186 g/mol. The molecule has 0 aliphatic heterocycles. The number of hydrogen-bond acceptors (Lipinski definition) is 3. The highest BCUT2D eigenvalue weighted by Gasteiger charge is 2.29. The van der Waals surface area contributed by atoms with Gasteiger partial charge in [0.2, 0.25) is 0 Å². The van der Waals surface area contributed by atoms with Crippen LogP contribution in [0.25, 0.3) is 0 Å². The van der Waals surface area contributed by atoms with Gasteiger partial charge in [0.25, 0.3) is 0 Å². The molecule has 0 radical (unpaired) electrons. The molecule has 1 aliphatic carbocycles. The van der Waals surface area contributed by atoms with Gasteiger partial charge in [-0.1, -0.05) is 20.8 Å². The van der Waals surface area contributed by atoms with Crippen molar-refractivity contribution < 1.29 is 0 Å². The molecule has 1 heterocycles. The van der Waals surface area contributed by atoms with Gasteiger partial charge in [0.1, 0.15) is 5.82 Å². The maximum Gasteiger partial charge on any atom is 0.146 e. The quantitative estimate of drug-likeness (QED) is 0.706. The lowest BCUT2D eigenvalue weighted by molar-refractivity contribution is 0.214. The molecule has 0 spiro atoms. The van der Waals surface area contributed by atoms with E-state index < -0.39 is 0 Å². The summed E-state index contributed by atoms with van der Waals surface area (Å²) in [5.41, 5.74) is 8.48. The molecule has 0 fully saturated rings. The van der Waals surface area contributed by atoms with Crippen molar-refractivity contribution in [1.82, 2.24) is 10.2 Å². The second-order valence-electron chi connectivity index (χ2n) is 5.55. The van der Waals surface area contributed by atoms with Crippen LogP contribution in [-0.4, -0.2) is 10.2 Å². The summed E-state index contributed by atoms with van der Waals surface area (Å²) in [5, 5.41) is 8.07. The molecule has 82 valence electrons. The third kappa shape index (κ3) is 2.11. The summed E-state index contributed by atoms with van der Waals surface area (Å²) in [4.78, 5) is 0. The van der Waals surface area contributed by atoms with Crippen LogP contribution in [0.3, 0.4) is 0 Å². The number of nitrogens with two attached hydrogens (primary N) is 1. The smallest absolute Gasteiger partial charge is 0.146 e. The number of nitrogen functional groups attached to an aromatic ring is 1. The van der Waals surface area contributed by atoms with Gasteiger partial charge < -0.3 is 5.73 Å². The Balaban J connectivity index is 2.26. The molecule has 1 aliphatic rings. The van der Waals surface area contributed by atoms with Gasteiger partial charge in [-0.15, -0.1) is 5.10 Å². The Kier molecular flexibility index (Phi) is 2.41. The highest BCUT2D eigenvalue weighted by atomic mass is 15.1. The molecule has 3 nitrogen and oxygen atoms in total. The minimum Gasteiger partial charge on any atom is -0.382 e. The van der Waals surface area contributed by atoms with Crippen molar-refractivity contribution in [2.45, 2.75) is 40.0 Å². The SMILES string of the molecule is CC(C)(C)C1CCc2nnc(N)cc2C1. The fourth-order valence-electron chi connectivity index (χ4n) is 2.28. The molecule has 15 heavy (non-hydrogen) atoms. The van der Waals surface area contributed by atoms with E-state index in [4.69, 9.17) is 5.73 Å². The Labute approximate surface area is 91.1 Å². The fourth-order valence-corrected chi connectivity index (χ4v) is 2.28. The Morgan fingerprint density at radius 2 is 2.07 bits per heavy atom. The zero-order chi connectivity index (χ0) is 11.1. The molecule has 2 rings (SSSR count). The molecule has 1 aromatic rings. The van der Waals surface area contributed by atoms with E-state index in [0.717, 1.165) is 24.5 Å². The Hall–Kier alpha value is -1.12. The fraction of sp³-hybridized carbons (Fsp3) is 0.667. The molecule has 0 amide bonds. The van der Waals surface area contributed by atoms with E-state index in [9.17, 15) is 0 Å². The molecular formula is C12H19N3. The number of nitrogens with zero attached hydrogens (tertiary/aromatic N) is 2. The van der Waals surface area contributed by atoms with Crippen molar-refractivity contribution in [3.63, 3.8) is 0 Å². The first-order chi connectivity index (χ1) is 6.97.